The molecule has 1 aromatic carbocycles. The fourth-order valence-corrected chi connectivity index (χ4v) is 4.80. The number of nitrogens with zero attached hydrogens (tertiary/aromatic N) is 1. The number of allylic oxidation sites excluding steroid dienone is 5. The average molecular weight is 259 g/mol. The highest BCUT2D eigenvalue weighted by atomic mass is 16.5. The molecule has 2 bridgehead atoms. The van der Waals surface area contributed by atoms with Crippen LogP contribution in [0.15, 0.2) is 58.4 Å². The van der Waals surface area contributed by atoms with Gasteiger partial charge in [-0.1, -0.05) is 24.3 Å². The Labute approximate surface area is 117 Å². The molecule has 1 spiro atoms. The number of fused-ring (bicyclic) bond motifs is 1. The zero-order valence-corrected chi connectivity index (χ0v) is 11.0. The summed E-state index contributed by atoms with van der Waals surface area (Å²) in [5.41, 5.74) is 6.90. The lowest BCUT2D eigenvalue weighted by molar-refractivity contribution is 0.310. The fourth-order valence-electron chi connectivity index (χ4n) is 4.80. The van der Waals surface area contributed by atoms with E-state index in [1.54, 1.807) is 0 Å². The number of aliphatic imine (C=N–C) groups is 1. The minimum atomic E-state index is -0.0242. The topological polar surface area (TPSA) is 21.6 Å². The molecule has 0 radical (unpaired) electrons. The van der Waals surface area contributed by atoms with Gasteiger partial charge in [0.05, 0.1) is 5.41 Å². The first kappa shape index (κ1) is 9.76. The Morgan fingerprint density at radius 1 is 1.30 bits per heavy atom. The number of rotatable bonds is 0. The normalized spacial score (nSPS) is 33.7. The van der Waals surface area contributed by atoms with Crippen molar-refractivity contribution < 1.29 is 4.74 Å². The SMILES string of the molecule is C1=CC2=C3Cc4cccc5c4C2(C(=C1)O5)C1CCC1=N3. The van der Waals surface area contributed by atoms with Crippen LogP contribution in [0.2, 0.25) is 0 Å². The number of benzene rings is 1. The van der Waals surface area contributed by atoms with E-state index in [0.29, 0.717) is 5.92 Å². The number of hydrogen-bond acceptors (Lipinski definition) is 2. The Bertz CT molecular complexity index is 824. The second-order valence-electron chi connectivity index (χ2n) is 6.32. The van der Waals surface area contributed by atoms with E-state index in [1.807, 2.05) is 0 Å². The zero-order valence-electron chi connectivity index (χ0n) is 11.0. The van der Waals surface area contributed by atoms with E-state index < -0.39 is 0 Å². The molecule has 1 aromatic rings. The molecule has 0 amide bonds. The Morgan fingerprint density at radius 3 is 3.20 bits per heavy atom. The highest BCUT2D eigenvalue weighted by Gasteiger charge is 2.61. The molecule has 0 N–H and O–H groups in total. The van der Waals surface area contributed by atoms with Gasteiger partial charge in [0.2, 0.25) is 0 Å². The third-order valence-electron chi connectivity index (χ3n) is 5.61. The lowest BCUT2D eigenvalue weighted by Gasteiger charge is -2.51. The summed E-state index contributed by atoms with van der Waals surface area (Å²) in [5, 5.41) is 0. The van der Waals surface area contributed by atoms with E-state index >= 15 is 0 Å². The van der Waals surface area contributed by atoms with Crippen molar-refractivity contribution in [2.45, 2.75) is 24.7 Å². The van der Waals surface area contributed by atoms with Crippen molar-refractivity contribution in [2.24, 2.45) is 10.9 Å². The maximum absolute atomic E-state index is 6.25. The van der Waals surface area contributed by atoms with Crippen molar-refractivity contribution in [2.75, 3.05) is 0 Å². The highest BCUT2D eigenvalue weighted by Crippen LogP contribution is 2.64. The summed E-state index contributed by atoms with van der Waals surface area (Å²) in [6.07, 6.45) is 9.91. The Balaban J connectivity index is 1.83. The molecule has 2 atom stereocenters. The summed E-state index contributed by atoms with van der Waals surface area (Å²) in [7, 11) is 0. The second kappa shape index (κ2) is 2.83. The minimum absolute atomic E-state index is 0.0242. The van der Waals surface area contributed by atoms with E-state index in [4.69, 9.17) is 9.73 Å². The van der Waals surface area contributed by atoms with Gasteiger partial charge in [-0.3, -0.25) is 4.99 Å². The van der Waals surface area contributed by atoms with Crippen LogP contribution < -0.4 is 4.74 Å². The molecule has 6 rings (SSSR count). The molecular formula is C18H13NO. The van der Waals surface area contributed by atoms with Gasteiger partial charge in [0.1, 0.15) is 11.5 Å². The van der Waals surface area contributed by atoms with Crippen LogP contribution in [0, 0.1) is 5.92 Å². The molecule has 2 heteroatoms. The van der Waals surface area contributed by atoms with E-state index in [2.05, 4.69) is 36.4 Å². The van der Waals surface area contributed by atoms with E-state index in [-0.39, 0.29) is 5.41 Å². The van der Waals surface area contributed by atoms with Crippen LogP contribution in [0.25, 0.3) is 0 Å². The third kappa shape index (κ3) is 0.790. The molecule has 20 heavy (non-hydrogen) atoms. The van der Waals surface area contributed by atoms with Crippen molar-refractivity contribution in [3.05, 3.63) is 64.6 Å². The van der Waals surface area contributed by atoms with Crippen LogP contribution in [-0.2, 0) is 11.8 Å². The number of hydrogen-bond donors (Lipinski definition) is 0. The van der Waals surface area contributed by atoms with Gasteiger partial charge < -0.3 is 4.74 Å². The molecule has 0 saturated heterocycles. The smallest absolute Gasteiger partial charge is 0.131 e. The zero-order chi connectivity index (χ0) is 12.9. The summed E-state index contributed by atoms with van der Waals surface area (Å²) in [6.45, 7) is 0. The Kier molecular flexibility index (Phi) is 1.38. The van der Waals surface area contributed by atoms with Gasteiger partial charge in [-0.25, -0.2) is 0 Å². The summed E-state index contributed by atoms with van der Waals surface area (Å²) in [6, 6.07) is 6.49. The molecule has 1 saturated carbocycles. The Hall–Kier alpha value is -2.09. The molecular weight excluding hydrogens is 246 g/mol. The van der Waals surface area contributed by atoms with E-state index in [1.165, 1.54) is 34.5 Å². The Morgan fingerprint density at radius 2 is 2.30 bits per heavy atom. The molecule has 1 fully saturated rings. The average Bonchev–Trinajstić information content (AvgIpc) is 2.75. The van der Waals surface area contributed by atoms with Gasteiger partial charge in [-0.2, -0.15) is 0 Å². The molecule has 0 aromatic heterocycles. The molecule has 2 unspecified atom stereocenters. The molecule has 5 aliphatic rings. The summed E-state index contributed by atoms with van der Waals surface area (Å²) < 4.78 is 6.25. The van der Waals surface area contributed by atoms with Crippen LogP contribution >= 0.6 is 0 Å². The fraction of sp³-hybridized carbons (Fsp3) is 0.278. The van der Waals surface area contributed by atoms with Crippen LogP contribution in [0.1, 0.15) is 24.0 Å². The van der Waals surface area contributed by atoms with Gasteiger partial charge in [-0.05, 0) is 36.1 Å². The quantitative estimate of drug-likeness (QED) is 0.699. The molecule has 2 heterocycles. The predicted molar refractivity (Wildman–Crippen MR) is 76.9 cm³/mol. The predicted octanol–water partition coefficient (Wildman–Crippen LogP) is 3.45. The lowest BCUT2D eigenvalue weighted by atomic mass is 9.52. The first-order valence-corrected chi connectivity index (χ1v) is 7.39. The summed E-state index contributed by atoms with van der Waals surface area (Å²) in [5.74, 6) is 2.73. The van der Waals surface area contributed by atoms with Gasteiger partial charge in [0, 0.05) is 29.3 Å². The summed E-state index contributed by atoms with van der Waals surface area (Å²) >= 11 is 0. The van der Waals surface area contributed by atoms with Crippen LogP contribution in [-0.4, -0.2) is 5.71 Å². The first-order valence-electron chi connectivity index (χ1n) is 7.39. The first-order chi connectivity index (χ1) is 9.89. The second-order valence-corrected chi connectivity index (χ2v) is 6.32. The van der Waals surface area contributed by atoms with E-state index in [9.17, 15) is 0 Å². The van der Waals surface area contributed by atoms with Gasteiger partial charge in [0.25, 0.3) is 0 Å². The largest absolute Gasteiger partial charge is 0.460 e. The molecule has 2 nitrogen and oxygen atoms in total. The minimum Gasteiger partial charge on any atom is -0.460 e. The number of ether oxygens (including phenoxy) is 1. The monoisotopic (exact) mass is 259 g/mol. The van der Waals surface area contributed by atoms with Gasteiger partial charge >= 0.3 is 0 Å². The van der Waals surface area contributed by atoms with Crippen LogP contribution in [0.5, 0.6) is 5.75 Å². The van der Waals surface area contributed by atoms with Gasteiger partial charge in [-0.15, -0.1) is 0 Å². The summed E-state index contributed by atoms with van der Waals surface area (Å²) in [4.78, 5) is 4.97. The van der Waals surface area contributed by atoms with Crippen molar-refractivity contribution in [3.63, 3.8) is 0 Å². The van der Waals surface area contributed by atoms with Crippen molar-refractivity contribution in [1.29, 1.82) is 0 Å². The van der Waals surface area contributed by atoms with Crippen molar-refractivity contribution in [3.8, 4) is 5.75 Å². The van der Waals surface area contributed by atoms with E-state index in [0.717, 1.165) is 24.4 Å². The van der Waals surface area contributed by atoms with Crippen LogP contribution in [0.4, 0.5) is 0 Å². The highest BCUT2D eigenvalue weighted by molar-refractivity contribution is 5.98. The molecule has 96 valence electrons. The lowest BCUT2D eigenvalue weighted by Crippen LogP contribution is -2.51. The standard InChI is InChI=1S/C18H13NO/c1-3-10-9-14-11-4-2-6-16-18(11,12-7-8-13(12)19-14)17(10)15(5-1)20-16/h1-6,12H,7-9H2. The van der Waals surface area contributed by atoms with Crippen molar-refractivity contribution >= 4 is 5.71 Å². The third-order valence-corrected chi connectivity index (χ3v) is 5.61. The molecule has 3 aliphatic carbocycles. The maximum Gasteiger partial charge on any atom is 0.131 e. The van der Waals surface area contributed by atoms with Crippen molar-refractivity contribution in [1.82, 2.24) is 0 Å². The van der Waals surface area contributed by atoms with Crippen LogP contribution in [0.3, 0.4) is 0 Å². The molecule has 2 aliphatic heterocycles. The van der Waals surface area contributed by atoms with Gasteiger partial charge in [0.15, 0.2) is 0 Å². The maximum atomic E-state index is 6.25.